The number of para-hydroxylation sites is 1. The van der Waals surface area contributed by atoms with Gasteiger partial charge in [-0.2, -0.15) is 4.98 Å². The highest BCUT2D eigenvalue weighted by Gasteiger charge is 2.28. The first-order valence-corrected chi connectivity index (χ1v) is 9.51. The summed E-state index contributed by atoms with van der Waals surface area (Å²) in [4.78, 5) is 18.2. The van der Waals surface area contributed by atoms with E-state index in [4.69, 9.17) is 14.0 Å². The standard InChI is InChI=1S/C21H21FN4O4/c1-28-13-19-24-20(25-30-19)14-6-8-15(9-7-14)29-16-10-11-26(12-16)21(27)23-18-5-3-2-4-17(18)22/h2-9,16H,10-13H2,1H3,(H,23,27). The molecule has 9 heteroatoms. The minimum absolute atomic E-state index is 0.138. The molecule has 0 spiro atoms. The van der Waals surface area contributed by atoms with Crippen LogP contribution in [-0.4, -0.2) is 47.4 Å². The molecule has 0 radical (unpaired) electrons. The zero-order chi connectivity index (χ0) is 20.9. The molecular formula is C21H21FN4O4. The Morgan fingerprint density at radius 3 is 2.83 bits per heavy atom. The number of urea groups is 1. The van der Waals surface area contributed by atoms with E-state index in [0.29, 0.717) is 37.0 Å². The van der Waals surface area contributed by atoms with Gasteiger partial charge in [0.05, 0.1) is 12.2 Å². The number of carbonyl (C=O) groups is 1. The molecule has 1 saturated heterocycles. The summed E-state index contributed by atoms with van der Waals surface area (Å²) in [5, 5.41) is 6.52. The normalized spacial score (nSPS) is 15.9. The van der Waals surface area contributed by atoms with Crippen molar-refractivity contribution in [2.75, 3.05) is 25.5 Å². The molecule has 0 saturated carbocycles. The maximum absolute atomic E-state index is 13.7. The van der Waals surface area contributed by atoms with Gasteiger partial charge in [0, 0.05) is 25.6 Å². The monoisotopic (exact) mass is 412 g/mol. The van der Waals surface area contributed by atoms with Gasteiger partial charge in [-0.3, -0.25) is 0 Å². The van der Waals surface area contributed by atoms with Crippen molar-refractivity contribution in [2.24, 2.45) is 0 Å². The van der Waals surface area contributed by atoms with Gasteiger partial charge in [0.15, 0.2) is 0 Å². The van der Waals surface area contributed by atoms with Gasteiger partial charge in [0.2, 0.25) is 5.82 Å². The fraction of sp³-hybridized carbons (Fsp3) is 0.286. The number of carbonyl (C=O) groups excluding carboxylic acids is 1. The number of rotatable bonds is 6. The zero-order valence-corrected chi connectivity index (χ0v) is 16.4. The van der Waals surface area contributed by atoms with Gasteiger partial charge >= 0.3 is 6.03 Å². The Morgan fingerprint density at radius 1 is 1.27 bits per heavy atom. The van der Waals surface area contributed by atoms with Crippen LogP contribution < -0.4 is 10.1 Å². The summed E-state index contributed by atoms with van der Waals surface area (Å²) < 4.78 is 29.8. The van der Waals surface area contributed by atoms with Gasteiger partial charge < -0.3 is 24.2 Å². The minimum Gasteiger partial charge on any atom is -0.489 e. The molecule has 1 aliphatic rings. The predicted molar refractivity (Wildman–Crippen MR) is 106 cm³/mol. The van der Waals surface area contributed by atoms with E-state index < -0.39 is 5.82 Å². The van der Waals surface area contributed by atoms with Gasteiger partial charge in [-0.1, -0.05) is 17.3 Å². The number of methoxy groups -OCH3 is 1. The number of amides is 2. The highest BCUT2D eigenvalue weighted by molar-refractivity contribution is 5.89. The summed E-state index contributed by atoms with van der Waals surface area (Å²) in [6.45, 7) is 1.22. The Hall–Kier alpha value is -3.46. The first kappa shape index (κ1) is 19.8. The second kappa shape index (κ2) is 8.91. The van der Waals surface area contributed by atoms with Crippen molar-refractivity contribution in [1.82, 2.24) is 15.0 Å². The third-order valence-electron chi connectivity index (χ3n) is 4.70. The van der Waals surface area contributed by atoms with Crippen molar-refractivity contribution in [3.63, 3.8) is 0 Å². The Balaban J connectivity index is 1.32. The molecule has 4 rings (SSSR count). The van der Waals surface area contributed by atoms with Crippen LogP contribution in [0.5, 0.6) is 5.75 Å². The third-order valence-corrected chi connectivity index (χ3v) is 4.70. The summed E-state index contributed by atoms with van der Waals surface area (Å²) >= 11 is 0. The number of nitrogens with one attached hydrogen (secondary N) is 1. The molecule has 1 aromatic heterocycles. The van der Waals surface area contributed by atoms with Crippen molar-refractivity contribution in [3.8, 4) is 17.1 Å². The second-order valence-corrected chi connectivity index (χ2v) is 6.85. The largest absolute Gasteiger partial charge is 0.489 e. The lowest BCUT2D eigenvalue weighted by Gasteiger charge is -2.18. The van der Waals surface area contributed by atoms with E-state index in [9.17, 15) is 9.18 Å². The molecule has 1 fully saturated rings. The van der Waals surface area contributed by atoms with E-state index in [2.05, 4.69) is 15.5 Å². The fourth-order valence-electron chi connectivity index (χ4n) is 3.19. The Morgan fingerprint density at radius 2 is 2.07 bits per heavy atom. The average molecular weight is 412 g/mol. The molecule has 8 nitrogen and oxygen atoms in total. The first-order chi connectivity index (χ1) is 14.6. The Kier molecular flexibility index (Phi) is 5.89. The highest BCUT2D eigenvalue weighted by Crippen LogP contribution is 2.23. The van der Waals surface area contributed by atoms with E-state index in [1.54, 1.807) is 24.1 Å². The van der Waals surface area contributed by atoms with Crippen LogP contribution in [0.1, 0.15) is 12.3 Å². The van der Waals surface area contributed by atoms with Gasteiger partial charge in [0.1, 0.15) is 24.3 Å². The number of aromatic nitrogens is 2. The number of likely N-dealkylation sites (tertiary alicyclic amines) is 1. The van der Waals surface area contributed by atoms with E-state index in [1.165, 1.54) is 12.1 Å². The summed E-state index contributed by atoms with van der Waals surface area (Å²) in [7, 11) is 1.56. The van der Waals surface area contributed by atoms with Crippen LogP contribution in [0.25, 0.3) is 11.4 Å². The molecule has 1 atom stereocenters. The van der Waals surface area contributed by atoms with E-state index in [1.807, 2.05) is 24.3 Å². The number of hydrogen-bond donors (Lipinski definition) is 1. The number of nitrogens with zero attached hydrogens (tertiary/aromatic N) is 3. The zero-order valence-electron chi connectivity index (χ0n) is 16.4. The van der Waals surface area contributed by atoms with Gasteiger partial charge in [-0.15, -0.1) is 0 Å². The van der Waals surface area contributed by atoms with Gasteiger partial charge in [-0.05, 0) is 36.4 Å². The molecule has 3 aromatic rings. The number of anilines is 1. The van der Waals surface area contributed by atoms with E-state index in [0.717, 1.165) is 5.56 Å². The summed E-state index contributed by atoms with van der Waals surface area (Å²) in [5.74, 6) is 1.10. The third kappa shape index (κ3) is 4.57. The van der Waals surface area contributed by atoms with Crippen LogP contribution in [0.4, 0.5) is 14.9 Å². The fourth-order valence-corrected chi connectivity index (χ4v) is 3.19. The SMILES string of the molecule is COCc1nc(-c2ccc(OC3CCN(C(=O)Nc4ccccc4F)C3)cc2)no1. The topological polar surface area (TPSA) is 89.7 Å². The number of hydrogen-bond acceptors (Lipinski definition) is 6. The molecule has 1 unspecified atom stereocenters. The molecule has 0 bridgehead atoms. The van der Waals surface area contributed by atoms with Crippen molar-refractivity contribution < 1.29 is 23.2 Å². The molecule has 1 N–H and O–H groups in total. The Bertz CT molecular complexity index is 1010. The van der Waals surface area contributed by atoms with Crippen molar-refractivity contribution in [2.45, 2.75) is 19.1 Å². The van der Waals surface area contributed by atoms with Gasteiger partial charge in [-0.25, -0.2) is 9.18 Å². The van der Waals surface area contributed by atoms with E-state index in [-0.39, 0.29) is 24.4 Å². The minimum atomic E-state index is -0.464. The highest BCUT2D eigenvalue weighted by atomic mass is 19.1. The predicted octanol–water partition coefficient (Wildman–Crippen LogP) is 3.71. The van der Waals surface area contributed by atoms with Crippen LogP contribution in [0.2, 0.25) is 0 Å². The molecule has 2 heterocycles. The van der Waals surface area contributed by atoms with Crippen LogP contribution in [0, 0.1) is 5.82 Å². The number of ether oxygens (including phenoxy) is 2. The molecule has 2 amide bonds. The van der Waals surface area contributed by atoms with Crippen LogP contribution in [0.3, 0.4) is 0 Å². The van der Waals surface area contributed by atoms with Crippen molar-refractivity contribution >= 4 is 11.7 Å². The number of halogens is 1. The summed E-state index contributed by atoms with van der Waals surface area (Å²) in [6, 6.07) is 13.1. The number of benzene rings is 2. The lowest BCUT2D eigenvalue weighted by atomic mass is 10.2. The smallest absolute Gasteiger partial charge is 0.322 e. The van der Waals surface area contributed by atoms with Crippen LogP contribution in [-0.2, 0) is 11.3 Å². The lowest BCUT2D eigenvalue weighted by Crippen LogP contribution is -2.34. The lowest BCUT2D eigenvalue weighted by molar-refractivity contribution is 0.151. The second-order valence-electron chi connectivity index (χ2n) is 6.85. The quantitative estimate of drug-likeness (QED) is 0.664. The van der Waals surface area contributed by atoms with Crippen LogP contribution in [0.15, 0.2) is 53.1 Å². The van der Waals surface area contributed by atoms with Crippen molar-refractivity contribution in [3.05, 3.63) is 60.2 Å². The van der Waals surface area contributed by atoms with Crippen LogP contribution >= 0.6 is 0 Å². The molecular weight excluding hydrogens is 391 g/mol. The maximum atomic E-state index is 13.7. The first-order valence-electron chi connectivity index (χ1n) is 9.51. The molecule has 1 aliphatic heterocycles. The molecule has 30 heavy (non-hydrogen) atoms. The van der Waals surface area contributed by atoms with Gasteiger partial charge in [0.25, 0.3) is 5.89 Å². The summed E-state index contributed by atoms with van der Waals surface area (Å²) in [6.07, 6.45) is 0.554. The summed E-state index contributed by atoms with van der Waals surface area (Å²) in [5.41, 5.74) is 0.961. The van der Waals surface area contributed by atoms with Crippen molar-refractivity contribution in [1.29, 1.82) is 0 Å². The maximum Gasteiger partial charge on any atom is 0.322 e. The Labute approximate surface area is 172 Å². The van der Waals surface area contributed by atoms with E-state index >= 15 is 0 Å². The molecule has 2 aromatic carbocycles. The molecule has 156 valence electrons. The molecule has 0 aliphatic carbocycles. The average Bonchev–Trinajstić information content (AvgIpc) is 3.41.